The Morgan fingerprint density at radius 2 is 1.85 bits per heavy atom. The maximum atomic E-state index is 12.4. The van der Waals surface area contributed by atoms with E-state index >= 15 is 0 Å². The van der Waals surface area contributed by atoms with Crippen LogP contribution in [0.4, 0.5) is 0 Å². The fourth-order valence-corrected chi connectivity index (χ4v) is 3.21. The number of rotatable bonds is 4. The summed E-state index contributed by atoms with van der Waals surface area (Å²) in [6, 6.07) is 6.97. The lowest BCUT2D eigenvalue weighted by Crippen LogP contribution is -2.36. The van der Waals surface area contributed by atoms with Gasteiger partial charge in [0.25, 0.3) is 0 Å². The smallest absolute Gasteiger partial charge is 0.202 e. The normalized spacial score (nSPS) is 18.2. The maximum Gasteiger partial charge on any atom is 0.202 e. The van der Waals surface area contributed by atoms with Crippen LogP contribution in [0.3, 0.4) is 0 Å². The molecule has 1 aliphatic rings. The molecule has 1 heterocycles. The molecule has 5 heteroatoms. The van der Waals surface area contributed by atoms with Gasteiger partial charge in [-0.3, -0.25) is 4.90 Å². The molecule has 0 aromatic heterocycles. The lowest BCUT2D eigenvalue weighted by atomic mass is 10.2. The molecule has 1 aromatic carbocycles. The number of benzene rings is 1. The van der Waals surface area contributed by atoms with Crippen LogP contribution in [-0.2, 0) is 14.6 Å². The molecule has 0 unspecified atom stereocenters. The highest BCUT2D eigenvalue weighted by molar-refractivity contribution is 7.95. The van der Waals surface area contributed by atoms with Gasteiger partial charge in [-0.2, -0.15) is 0 Å². The van der Waals surface area contributed by atoms with E-state index < -0.39 is 9.84 Å². The van der Waals surface area contributed by atoms with Crippen molar-refractivity contribution in [3.05, 3.63) is 40.8 Å². The first-order valence-corrected chi connectivity index (χ1v) is 8.27. The van der Waals surface area contributed by atoms with E-state index in [9.17, 15) is 8.42 Å². The molecule has 110 valence electrons. The van der Waals surface area contributed by atoms with Crippen LogP contribution in [0.25, 0.3) is 0 Å². The van der Waals surface area contributed by atoms with E-state index in [2.05, 4.69) is 4.90 Å². The van der Waals surface area contributed by atoms with Crippen molar-refractivity contribution in [2.45, 2.75) is 18.7 Å². The summed E-state index contributed by atoms with van der Waals surface area (Å²) in [5, 5.41) is 0. The van der Waals surface area contributed by atoms with E-state index in [0.717, 1.165) is 31.9 Å². The zero-order valence-corrected chi connectivity index (χ0v) is 12.8. The summed E-state index contributed by atoms with van der Waals surface area (Å²) >= 11 is 0. The fraction of sp³-hybridized carbons (Fsp3) is 0.467. The van der Waals surface area contributed by atoms with Crippen LogP contribution in [0.2, 0.25) is 0 Å². The third-order valence-corrected chi connectivity index (χ3v) is 5.40. The number of ether oxygens (including phenoxy) is 1. The zero-order valence-electron chi connectivity index (χ0n) is 12.0. The third-order valence-electron chi connectivity index (χ3n) is 3.50. The van der Waals surface area contributed by atoms with Gasteiger partial charge in [0.15, 0.2) is 0 Å². The first kappa shape index (κ1) is 15.2. The standard InChI is InChI=1S/C15H21NO3S/c1-13-3-5-15(6-4-13)20(17,18)14(2)7-8-16-9-11-19-12-10-16/h3-7H,8-12H2,1-2H3/b14-7+. The molecule has 0 spiro atoms. The first-order valence-electron chi connectivity index (χ1n) is 6.79. The number of hydrogen-bond acceptors (Lipinski definition) is 4. The van der Waals surface area contributed by atoms with E-state index in [-0.39, 0.29) is 0 Å². The number of aryl methyl sites for hydroxylation is 1. The molecular weight excluding hydrogens is 274 g/mol. The predicted octanol–water partition coefficient (Wildman–Crippen LogP) is 2.00. The lowest BCUT2D eigenvalue weighted by molar-refractivity contribution is 0.0434. The van der Waals surface area contributed by atoms with Crippen LogP contribution < -0.4 is 0 Å². The van der Waals surface area contributed by atoms with Crippen molar-refractivity contribution in [3.63, 3.8) is 0 Å². The van der Waals surface area contributed by atoms with Gasteiger partial charge in [-0.05, 0) is 26.0 Å². The van der Waals surface area contributed by atoms with Crippen molar-refractivity contribution < 1.29 is 13.2 Å². The van der Waals surface area contributed by atoms with Crippen molar-refractivity contribution in [3.8, 4) is 0 Å². The molecule has 0 saturated carbocycles. The highest BCUT2D eigenvalue weighted by Crippen LogP contribution is 2.19. The fourth-order valence-electron chi connectivity index (χ4n) is 2.05. The second-order valence-electron chi connectivity index (χ2n) is 5.04. The summed E-state index contributed by atoms with van der Waals surface area (Å²) in [5.74, 6) is 0. The van der Waals surface area contributed by atoms with Crippen LogP contribution in [0.1, 0.15) is 12.5 Å². The Bertz CT molecular complexity index is 570. The van der Waals surface area contributed by atoms with Crippen LogP contribution in [0.15, 0.2) is 40.1 Å². The van der Waals surface area contributed by atoms with Crippen LogP contribution in [-0.4, -0.2) is 46.2 Å². The van der Waals surface area contributed by atoms with Crippen molar-refractivity contribution in [1.29, 1.82) is 0 Å². The summed E-state index contributed by atoms with van der Waals surface area (Å²) in [5.41, 5.74) is 1.05. The quantitative estimate of drug-likeness (QED) is 0.852. The van der Waals surface area contributed by atoms with E-state index in [1.807, 2.05) is 19.1 Å². The molecule has 20 heavy (non-hydrogen) atoms. The van der Waals surface area contributed by atoms with Gasteiger partial charge in [0, 0.05) is 24.5 Å². The summed E-state index contributed by atoms with van der Waals surface area (Å²) in [4.78, 5) is 2.96. The molecule has 0 bridgehead atoms. The van der Waals surface area contributed by atoms with Crippen LogP contribution in [0, 0.1) is 6.92 Å². The summed E-state index contributed by atoms with van der Waals surface area (Å²) < 4.78 is 30.1. The summed E-state index contributed by atoms with van der Waals surface area (Å²) in [6.45, 7) is 7.41. The Labute approximate surface area is 121 Å². The van der Waals surface area contributed by atoms with Gasteiger partial charge in [0.05, 0.1) is 18.1 Å². The van der Waals surface area contributed by atoms with Gasteiger partial charge in [0.1, 0.15) is 0 Å². The van der Waals surface area contributed by atoms with Gasteiger partial charge in [-0.15, -0.1) is 0 Å². The van der Waals surface area contributed by atoms with Crippen LogP contribution in [0.5, 0.6) is 0 Å². The Kier molecular flexibility index (Phi) is 4.96. The molecule has 1 aliphatic heterocycles. The van der Waals surface area contributed by atoms with Gasteiger partial charge >= 0.3 is 0 Å². The summed E-state index contributed by atoms with van der Waals surface area (Å²) in [7, 11) is -3.35. The maximum absolute atomic E-state index is 12.4. The van der Waals surface area contributed by atoms with E-state index in [1.54, 1.807) is 25.1 Å². The molecular formula is C15H21NO3S. The topological polar surface area (TPSA) is 46.6 Å². The van der Waals surface area contributed by atoms with Gasteiger partial charge < -0.3 is 4.74 Å². The molecule has 1 fully saturated rings. The van der Waals surface area contributed by atoms with Crippen molar-refractivity contribution in [2.75, 3.05) is 32.8 Å². The third kappa shape index (κ3) is 3.69. The molecule has 0 amide bonds. The largest absolute Gasteiger partial charge is 0.379 e. The lowest BCUT2D eigenvalue weighted by Gasteiger charge is -2.25. The monoisotopic (exact) mass is 295 g/mol. The van der Waals surface area contributed by atoms with E-state index in [1.165, 1.54) is 0 Å². The number of allylic oxidation sites excluding steroid dienone is 1. The second-order valence-corrected chi connectivity index (χ2v) is 7.17. The minimum absolute atomic E-state index is 0.360. The van der Waals surface area contributed by atoms with Gasteiger partial charge in [-0.1, -0.05) is 23.8 Å². The second kappa shape index (κ2) is 6.52. The Morgan fingerprint density at radius 1 is 1.25 bits per heavy atom. The molecule has 1 saturated heterocycles. The van der Waals surface area contributed by atoms with Crippen molar-refractivity contribution in [1.82, 2.24) is 4.90 Å². The Morgan fingerprint density at radius 3 is 2.45 bits per heavy atom. The average Bonchev–Trinajstić information content (AvgIpc) is 2.46. The highest BCUT2D eigenvalue weighted by atomic mass is 32.2. The van der Waals surface area contributed by atoms with Gasteiger partial charge in [0.2, 0.25) is 9.84 Å². The molecule has 0 aliphatic carbocycles. The summed E-state index contributed by atoms with van der Waals surface area (Å²) in [6.07, 6.45) is 1.79. The minimum atomic E-state index is -3.35. The predicted molar refractivity (Wildman–Crippen MR) is 79.4 cm³/mol. The molecule has 4 nitrogen and oxygen atoms in total. The van der Waals surface area contributed by atoms with Gasteiger partial charge in [-0.25, -0.2) is 8.42 Å². The molecule has 0 radical (unpaired) electrons. The highest BCUT2D eigenvalue weighted by Gasteiger charge is 2.17. The number of nitrogens with zero attached hydrogens (tertiary/aromatic N) is 1. The molecule has 1 aromatic rings. The first-order chi connectivity index (χ1) is 9.50. The van der Waals surface area contributed by atoms with Crippen molar-refractivity contribution in [2.24, 2.45) is 0 Å². The average molecular weight is 295 g/mol. The SMILES string of the molecule is C/C(=C\CN1CCOCC1)S(=O)(=O)c1ccc(C)cc1. The molecule has 0 N–H and O–H groups in total. The van der Waals surface area contributed by atoms with Crippen LogP contribution >= 0.6 is 0 Å². The van der Waals surface area contributed by atoms with Crippen molar-refractivity contribution >= 4 is 9.84 Å². The number of sulfone groups is 1. The zero-order chi connectivity index (χ0) is 14.6. The Hall–Kier alpha value is -1.17. The number of hydrogen-bond donors (Lipinski definition) is 0. The minimum Gasteiger partial charge on any atom is -0.379 e. The van der Waals surface area contributed by atoms with E-state index in [0.29, 0.717) is 16.3 Å². The molecule has 2 rings (SSSR count). The molecule has 0 atom stereocenters. The van der Waals surface area contributed by atoms with E-state index in [4.69, 9.17) is 4.74 Å². The Balaban J connectivity index is 2.09. The number of morpholine rings is 1.